The lowest BCUT2D eigenvalue weighted by Gasteiger charge is -2.09. The fraction of sp³-hybridized carbons (Fsp3) is 0.158. The maximum Gasteiger partial charge on any atom is 0.207 e. The first-order valence-corrected chi connectivity index (χ1v) is 9.07. The Morgan fingerprint density at radius 1 is 1.23 bits per heavy atom. The second kappa shape index (κ2) is 7.35. The van der Waals surface area contributed by atoms with E-state index >= 15 is 0 Å². The molecule has 3 rings (SSSR count). The highest BCUT2D eigenvalue weighted by Gasteiger charge is 2.20. The third kappa shape index (κ3) is 3.66. The number of aryl methyl sites for hydroxylation is 2. The van der Waals surface area contributed by atoms with Crippen LogP contribution in [0.2, 0.25) is 5.02 Å². The molecular weight excluding hydrogens is 370 g/mol. The number of ketones is 1. The van der Waals surface area contributed by atoms with Crippen molar-refractivity contribution >= 4 is 45.4 Å². The second-order valence-electron chi connectivity index (χ2n) is 5.85. The highest BCUT2D eigenvalue weighted by molar-refractivity contribution is 7.18. The molecule has 0 aliphatic carbocycles. The third-order valence-electron chi connectivity index (χ3n) is 3.90. The zero-order valence-corrected chi connectivity index (χ0v) is 16.2. The summed E-state index contributed by atoms with van der Waals surface area (Å²) in [5.74, 6) is 0.683. The lowest BCUT2D eigenvalue weighted by atomic mass is 10.0. The van der Waals surface area contributed by atoms with Crippen molar-refractivity contribution in [2.45, 2.75) is 13.8 Å². The number of methoxy groups -OCH3 is 1. The third-order valence-corrected chi connectivity index (χ3v) is 5.12. The number of nitrogen functional groups attached to an aromatic ring is 1. The summed E-state index contributed by atoms with van der Waals surface area (Å²) in [6, 6.07) is 11.0. The van der Waals surface area contributed by atoms with Gasteiger partial charge in [-0.25, -0.2) is 4.98 Å². The number of benzene rings is 2. The van der Waals surface area contributed by atoms with E-state index in [9.17, 15) is 4.79 Å². The van der Waals surface area contributed by atoms with Gasteiger partial charge in [-0.05, 0) is 43.7 Å². The van der Waals surface area contributed by atoms with E-state index in [0.29, 0.717) is 32.0 Å². The molecule has 0 aliphatic heterocycles. The van der Waals surface area contributed by atoms with Gasteiger partial charge in [0.05, 0.1) is 12.8 Å². The molecule has 3 aromatic rings. The van der Waals surface area contributed by atoms with E-state index in [1.807, 2.05) is 32.0 Å². The van der Waals surface area contributed by atoms with Gasteiger partial charge in [0.15, 0.2) is 5.13 Å². The van der Waals surface area contributed by atoms with Gasteiger partial charge >= 0.3 is 0 Å². The first kappa shape index (κ1) is 18.2. The van der Waals surface area contributed by atoms with E-state index in [0.717, 1.165) is 11.1 Å². The second-order valence-corrected chi connectivity index (χ2v) is 7.29. The van der Waals surface area contributed by atoms with Crippen LogP contribution < -0.4 is 15.8 Å². The molecule has 0 bridgehead atoms. The summed E-state index contributed by atoms with van der Waals surface area (Å²) in [5.41, 5.74) is 9.21. The number of anilines is 3. The number of hydrogen-bond acceptors (Lipinski definition) is 6. The normalized spacial score (nSPS) is 10.6. The Labute approximate surface area is 160 Å². The van der Waals surface area contributed by atoms with Crippen molar-refractivity contribution in [3.63, 3.8) is 0 Å². The summed E-state index contributed by atoms with van der Waals surface area (Å²) < 4.78 is 5.31. The fourth-order valence-corrected chi connectivity index (χ4v) is 3.57. The Morgan fingerprint density at radius 3 is 2.73 bits per heavy atom. The first-order valence-electron chi connectivity index (χ1n) is 7.88. The summed E-state index contributed by atoms with van der Waals surface area (Å²) in [6.07, 6.45) is 0. The van der Waals surface area contributed by atoms with Gasteiger partial charge in [0.2, 0.25) is 5.78 Å². The summed E-state index contributed by atoms with van der Waals surface area (Å²) in [7, 11) is 1.57. The number of thiazole rings is 1. The van der Waals surface area contributed by atoms with Crippen LogP contribution in [0.4, 0.5) is 16.6 Å². The molecule has 0 radical (unpaired) electrons. The van der Waals surface area contributed by atoms with Gasteiger partial charge in [0, 0.05) is 10.6 Å². The molecule has 26 heavy (non-hydrogen) atoms. The van der Waals surface area contributed by atoms with E-state index in [1.165, 1.54) is 11.3 Å². The van der Waals surface area contributed by atoms with Crippen LogP contribution >= 0.6 is 22.9 Å². The lowest BCUT2D eigenvalue weighted by Crippen LogP contribution is -2.05. The van der Waals surface area contributed by atoms with Gasteiger partial charge in [-0.2, -0.15) is 0 Å². The predicted octanol–water partition coefficient (Wildman–Crippen LogP) is 4.98. The molecular formula is C19H18ClN3O2S. The molecule has 0 aliphatic rings. The van der Waals surface area contributed by atoms with E-state index in [2.05, 4.69) is 10.3 Å². The predicted molar refractivity (Wildman–Crippen MR) is 107 cm³/mol. The quantitative estimate of drug-likeness (QED) is 0.604. The van der Waals surface area contributed by atoms with E-state index in [4.69, 9.17) is 22.1 Å². The maximum absolute atomic E-state index is 12.9. The number of carbonyl (C=O) groups is 1. The number of nitrogens with zero attached hydrogens (tertiary/aromatic N) is 1. The van der Waals surface area contributed by atoms with Gasteiger partial charge in [-0.15, -0.1) is 0 Å². The van der Waals surface area contributed by atoms with Crippen molar-refractivity contribution < 1.29 is 9.53 Å². The Bertz CT molecular complexity index is 985. The van der Waals surface area contributed by atoms with Crippen molar-refractivity contribution in [3.05, 3.63) is 63.0 Å². The van der Waals surface area contributed by atoms with Crippen LogP contribution in [0.15, 0.2) is 36.4 Å². The Kier molecular flexibility index (Phi) is 5.15. The molecule has 0 fully saturated rings. The standard InChI is InChI=1S/C19H18ClN3O2S/c1-10-4-5-11(2)13(8-10)16(24)17-18(21)23-19(26-17)22-14-9-12(20)6-7-15(14)25-3/h4-9H,21H2,1-3H3,(H,22,23). The zero-order valence-electron chi connectivity index (χ0n) is 14.6. The smallest absolute Gasteiger partial charge is 0.207 e. The van der Waals surface area contributed by atoms with Crippen molar-refractivity contribution in [3.8, 4) is 5.75 Å². The molecule has 0 saturated carbocycles. The highest BCUT2D eigenvalue weighted by atomic mass is 35.5. The summed E-state index contributed by atoms with van der Waals surface area (Å²) in [6.45, 7) is 3.85. The molecule has 134 valence electrons. The van der Waals surface area contributed by atoms with Crippen molar-refractivity contribution in [1.82, 2.24) is 4.98 Å². The van der Waals surface area contributed by atoms with Crippen LogP contribution in [0.5, 0.6) is 5.75 Å². The Morgan fingerprint density at radius 2 is 2.00 bits per heavy atom. The minimum absolute atomic E-state index is 0.132. The molecule has 0 spiro atoms. The topological polar surface area (TPSA) is 77.2 Å². The summed E-state index contributed by atoms with van der Waals surface area (Å²) in [4.78, 5) is 17.6. The molecule has 0 saturated heterocycles. The minimum atomic E-state index is -0.132. The maximum atomic E-state index is 12.9. The lowest BCUT2D eigenvalue weighted by molar-refractivity contribution is 0.104. The molecule has 0 unspecified atom stereocenters. The van der Waals surface area contributed by atoms with Crippen molar-refractivity contribution in [1.29, 1.82) is 0 Å². The van der Waals surface area contributed by atoms with Crippen LogP contribution in [0.3, 0.4) is 0 Å². The minimum Gasteiger partial charge on any atom is -0.495 e. The average Bonchev–Trinajstić information content (AvgIpc) is 2.97. The number of aromatic nitrogens is 1. The van der Waals surface area contributed by atoms with Crippen LogP contribution in [-0.2, 0) is 0 Å². The van der Waals surface area contributed by atoms with Crippen molar-refractivity contribution in [2.24, 2.45) is 0 Å². The number of carbonyl (C=O) groups excluding carboxylic acids is 1. The van der Waals surface area contributed by atoms with Gasteiger partial charge in [0.1, 0.15) is 16.4 Å². The zero-order chi connectivity index (χ0) is 18.8. The van der Waals surface area contributed by atoms with Crippen LogP contribution in [0.1, 0.15) is 26.4 Å². The number of ether oxygens (including phenoxy) is 1. The van der Waals surface area contributed by atoms with Gasteiger partial charge in [-0.1, -0.05) is 40.6 Å². The number of nitrogens with one attached hydrogen (secondary N) is 1. The van der Waals surface area contributed by atoms with Crippen molar-refractivity contribution in [2.75, 3.05) is 18.2 Å². The van der Waals surface area contributed by atoms with E-state index < -0.39 is 0 Å². The molecule has 2 aromatic carbocycles. The molecule has 1 heterocycles. The summed E-state index contributed by atoms with van der Waals surface area (Å²) in [5, 5.41) is 4.18. The SMILES string of the molecule is COc1ccc(Cl)cc1Nc1nc(N)c(C(=O)c2cc(C)ccc2C)s1. The van der Waals surface area contributed by atoms with Gasteiger partial charge in [-0.3, -0.25) is 4.79 Å². The molecule has 0 atom stereocenters. The van der Waals surface area contributed by atoms with Crippen LogP contribution in [0, 0.1) is 13.8 Å². The van der Waals surface area contributed by atoms with Gasteiger partial charge in [0.25, 0.3) is 0 Å². The van der Waals surface area contributed by atoms with Crippen LogP contribution in [0.25, 0.3) is 0 Å². The molecule has 1 aromatic heterocycles. The Hall–Kier alpha value is -2.57. The molecule has 3 N–H and O–H groups in total. The largest absolute Gasteiger partial charge is 0.495 e. The average molecular weight is 388 g/mol. The van der Waals surface area contributed by atoms with Gasteiger partial charge < -0.3 is 15.8 Å². The molecule has 0 amide bonds. The Balaban J connectivity index is 1.94. The highest BCUT2D eigenvalue weighted by Crippen LogP contribution is 2.34. The van der Waals surface area contributed by atoms with E-state index in [1.54, 1.807) is 25.3 Å². The number of hydrogen-bond donors (Lipinski definition) is 2. The molecule has 5 nitrogen and oxygen atoms in total. The van der Waals surface area contributed by atoms with Crippen LogP contribution in [-0.4, -0.2) is 17.9 Å². The fourth-order valence-electron chi connectivity index (χ4n) is 2.54. The van der Waals surface area contributed by atoms with E-state index in [-0.39, 0.29) is 11.6 Å². The first-order chi connectivity index (χ1) is 12.4. The monoisotopic (exact) mass is 387 g/mol. The molecule has 7 heteroatoms. The summed E-state index contributed by atoms with van der Waals surface area (Å²) >= 11 is 7.25. The number of halogens is 1. The number of nitrogens with two attached hydrogens (primary N) is 1. The number of rotatable bonds is 5.